The summed E-state index contributed by atoms with van der Waals surface area (Å²) in [6, 6.07) is 6.83. The molecule has 3 N–H and O–H groups in total. The summed E-state index contributed by atoms with van der Waals surface area (Å²) >= 11 is 17.2. The smallest absolute Gasteiger partial charge is 0.198 e. The summed E-state index contributed by atoms with van der Waals surface area (Å²) in [7, 11) is 0. The Balaban J connectivity index is 2.24. The Bertz CT molecular complexity index is 547. The van der Waals surface area contributed by atoms with Gasteiger partial charge in [0.2, 0.25) is 0 Å². The molecule has 0 aliphatic rings. The van der Waals surface area contributed by atoms with Crippen LogP contribution in [0.2, 0.25) is 10.0 Å². The third-order valence-electron chi connectivity index (χ3n) is 2.01. The van der Waals surface area contributed by atoms with E-state index in [-0.39, 0.29) is 0 Å². The first-order valence-electron chi connectivity index (χ1n) is 4.64. The van der Waals surface area contributed by atoms with E-state index in [4.69, 9.17) is 41.2 Å². The van der Waals surface area contributed by atoms with Crippen molar-refractivity contribution in [3.05, 3.63) is 40.5 Å². The lowest BCUT2D eigenvalue weighted by atomic mass is 10.3. The molecule has 2 aromatic rings. The van der Waals surface area contributed by atoms with Crippen LogP contribution in [0.25, 0.3) is 0 Å². The van der Waals surface area contributed by atoms with Crippen LogP contribution in [0.1, 0.15) is 0 Å². The van der Waals surface area contributed by atoms with Crippen LogP contribution in [-0.2, 0) is 0 Å². The summed E-state index contributed by atoms with van der Waals surface area (Å²) in [6.45, 7) is 0. The number of nitrogen functional groups attached to an aromatic ring is 1. The second-order valence-corrected chi connectivity index (χ2v) is 4.41. The topological polar surface area (TPSA) is 55.9 Å². The van der Waals surface area contributed by atoms with E-state index in [1.165, 1.54) is 4.68 Å². The quantitative estimate of drug-likeness (QED) is 0.792. The van der Waals surface area contributed by atoms with Gasteiger partial charge in [-0.2, -0.15) is 0 Å². The van der Waals surface area contributed by atoms with E-state index in [1.807, 2.05) is 0 Å². The molecular formula is C10H8Cl2N4S. The van der Waals surface area contributed by atoms with E-state index in [0.29, 0.717) is 26.7 Å². The molecule has 0 unspecified atom stereocenters. The zero-order valence-electron chi connectivity index (χ0n) is 8.52. The maximum Gasteiger partial charge on any atom is 0.198 e. The van der Waals surface area contributed by atoms with Crippen LogP contribution in [-0.4, -0.2) is 14.9 Å². The predicted octanol–water partition coefficient (Wildman–Crippen LogP) is 3.02. The molecule has 7 heteroatoms. The number of benzene rings is 1. The summed E-state index contributed by atoms with van der Waals surface area (Å²) in [5, 5.41) is 8.21. The van der Waals surface area contributed by atoms with E-state index in [9.17, 15) is 0 Å². The molecule has 0 spiro atoms. The van der Waals surface area contributed by atoms with Crippen LogP contribution >= 0.6 is 35.4 Å². The average Bonchev–Trinajstić information content (AvgIpc) is 2.70. The Kier molecular flexibility index (Phi) is 3.51. The highest BCUT2D eigenvalue weighted by Gasteiger charge is 2.08. The molecule has 0 amide bonds. The van der Waals surface area contributed by atoms with Gasteiger partial charge in [-0.1, -0.05) is 29.3 Å². The summed E-state index contributed by atoms with van der Waals surface area (Å²) in [6.07, 6.45) is 1.65. The Morgan fingerprint density at radius 2 is 1.94 bits per heavy atom. The Morgan fingerprint density at radius 1 is 1.29 bits per heavy atom. The number of halogens is 2. The van der Waals surface area contributed by atoms with Gasteiger partial charge in [0.15, 0.2) is 5.11 Å². The Hall–Kier alpha value is -1.30. The van der Waals surface area contributed by atoms with Gasteiger partial charge in [-0.25, -0.2) is 4.68 Å². The molecule has 1 aromatic heterocycles. The molecule has 0 aliphatic carbocycles. The van der Waals surface area contributed by atoms with Crippen LogP contribution in [0.5, 0.6) is 0 Å². The minimum absolute atomic E-state index is 0.344. The second kappa shape index (κ2) is 4.91. The van der Waals surface area contributed by atoms with Gasteiger partial charge in [0.05, 0.1) is 15.7 Å². The van der Waals surface area contributed by atoms with Gasteiger partial charge in [-0.15, -0.1) is 5.10 Å². The molecule has 0 bridgehead atoms. The van der Waals surface area contributed by atoms with Gasteiger partial charge in [0, 0.05) is 12.3 Å². The highest BCUT2D eigenvalue weighted by molar-refractivity contribution is 7.80. The molecule has 0 saturated carbocycles. The van der Waals surface area contributed by atoms with Crippen LogP contribution in [0.3, 0.4) is 0 Å². The molecule has 0 saturated heterocycles. The van der Waals surface area contributed by atoms with E-state index in [0.717, 1.165) is 0 Å². The van der Waals surface area contributed by atoms with Crippen LogP contribution in [0.4, 0.5) is 11.5 Å². The van der Waals surface area contributed by atoms with E-state index in [2.05, 4.69) is 10.4 Å². The number of nitrogens with zero attached hydrogens (tertiary/aromatic N) is 2. The SMILES string of the molecule is Nc1ccn(C(=S)Nc2c(Cl)cccc2Cl)n1. The summed E-state index contributed by atoms with van der Waals surface area (Å²) < 4.78 is 1.43. The molecule has 2 rings (SSSR count). The first-order chi connectivity index (χ1) is 8.08. The van der Waals surface area contributed by atoms with E-state index in [1.54, 1.807) is 30.5 Å². The maximum absolute atomic E-state index is 6.01. The van der Waals surface area contributed by atoms with Crippen molar-refractivity contribution in [2.45, 2.75) is 0 Å². The number of anilines is 2. The Labute approximate surface area is 113 Å². The molecule has 0 aliphatic heterocycles. The molecule has 0 atom stereocenters. The zero-order valence-corrected chi connectivity index (χ0v) is 10.9. The van der Waals surface area contributed by atoms with Crippen molar-refractivity contribution in [2.75, 3.05) is 11.1 Å². The molecule has 4 nitrogen and oxygen atoms in total. The van der Waals surface area contributed by atoms with Crippen molar-refractivity contribution in [1.29, 1.82) is 0 Å². The average molecular weight is 287 g/mol. The molecular weight excluding hydrogens is 279 g/mol. The minimum atomic E-state index is 0.344. The lowest BCUT2D eigenvalue weighted by molar-refractivity contribution is 0.953. The highest BCUT2D eigenvalue weighted by Crippen LogP contribution is 2.29. The summed E-state index contributed by atoms with van der Waals surface area (Å²) in [5.74, 6) is 0.388. The normalized spacial score (nSPS) is 10.2. The fraction of sp³-hybridized carbons (Fsp3) is 0. The van der Waals surface area contributed by atoms with Gasteiger partial charge < -0.3 is 11.1 Å². The van der Waals surface area contributed by atoms with Gasteiger partial charge in [-0.05, 0) is 24.4 Å². The summed E-state index contributed by atoms with van der Waals surface area (Å²) in [4.78, 5) is 0. The summed E-state index contributed by atoms with van der Waals surface area (Å²) in [5.41, 5.74) is 6.05. The third-order valence-corrected chi connectivity index (χ3v) is 2.93. The lowest BCUT2D eigenvalue weighted by Crippen LogP contribution is -2.20. The van der Waals surface area contributed by atoms with Crippen molar-refractivity contribution in [1.82, 2.24) is 9.78 Å². The predicted molar refractivity (Wildman–Crippen MR) is 74.7 cm³/mol. The van der Waals surface area contributed by atoms with E-state index >= 15 is 0 Å². The van der Waals surface area contributed by atoms with Crippen LogP contribution in [0.15, 0.2) is 30.5 Å². The van der Waals surface area contributed by atoms with Crippen molar-refractivity contribution in [2.24, 2.45) is 0 Å². The first-order valence-corrected chi connectivity index (χ1v) is 5.81. The molecule has 0 fully saturated rings. The van der Waals surface area contributed by atoms with Crippen molar-refractivity contribution >= 4 is 52.0 Å². The number of hydrogen-bond donors (Lipinski definition) is 2. The van der Waals surface area contributed by atoms with Crippen molar-refractivity contribution in [3.8, 4) is 0 Å². The molecule has 88 valence electrons. The number of thiocarbonyl (C=S) groups is 1. The van der Waals surface area contributed by atoms with Gasteiger partial charge in [0.1, 0.15) is 5.82 Å². The zero-order chi connectivity index (χ0) is 12.4. The fourth-order valence-electron chi connectivity index (χ4n) is 1.23. The van der Waals surface area contributed by atoms with Gasteiger partial charge in [-0.3, -0.25) is 0 Å². The number of nitrogens with two attached hydrogens (primary N) is 1. The van der Waals surface area contributed by atoms with E-state index < -0.39 is 0 Å². The van der Waals surface area contributed by atoms with Crippen molar-refractivity contribution < 1.29 is 0 Å². The number of aromatic nitrogens is 2. The largest absolute Gasteiger partial charge is 0.382 e. The molecule has 0 radical (unpaired) electrons. The van der Waals surface area contributed by atoms with Crippen molar-refractivity contribution in [3.63, 3.8) is 0 Å². The molecule has 1 aromatic carbocycles. The fourth-order valence-corrected chi connectivity index (χ4v) is 1.93. The third kappa shape index (κ3) is 2.69. The number of hydrogen-bond acceptors (Lipinski definition) is 3. The highest BCUT2D eigenvalue weighted by atomic mass is 35.5. The minimum Gasteiger partial charge on any atom is -0.382 e. The standard InChI is InChI=1S/C10H8Cl2N4S/c11-6-2-1-3-7(12)9(6)14-10(17)16-5-4-8(13)15-16/h1-5H,(H2,13,15)(H,14,17). The first kappa shape index (κ1) is 12.2. The number of rotatable bonds is 1. The van der Waals surface area contributed by atoms with Gasteiger partial charge in [0.25, 0.3) is 0 Å². The second-order valence-electron chi connectivity index (χ2n) is 3.21. The number of nitrogens with one attached hydrogen (secondary N) is 1. The lowest BCUT2D eigenvalue weighted by Gasteiger charge is -2.10. The van der Waals surface area contributed by atoms with Crippen LogP contribution in [0, 0.1) is 0 Å². The van der Waals surface area contributed by atoms with Crippen LogP contribution < -0.4 is 11.1 Å². The maximum atomic E-state index is 6.01. The van der Waals surface area contributed by atoms with Gasteiger partial charge >= 0.3 is 0 Å². The molecule has 17 heavy (non-hydrogen) atoms. The monoisotopic (exact) mass is 286 g/mol. The Morgan fingerprint density at radius 3 is 2.47 bits per heavy atom. The molecule has 1 heterocycles. The number of para-hydroxylation sites is 1.